The second-order valence-corrected chi connectivity index (χ2v) is 10.6. The number of nitrogens with zero attached hydrogens (tertiary/aromatic N) is 4. The Morgan fingerprint density at radius 2 is 1.77 bits per heavy atom. The topological polar surface area (TPSA) is 96.8 Å². The van der Waals surface area contributed by atoms with Crippen molar-refractivity contribution in [3.8, 4) is 0 Å². The lowest BCUT2D eigenvalue weighted by Gasteiger charge is -2.26. The number of sulfonamides is 1. The van der Waals surface area contributed by atoms with E-state index in [1.54, 1.807) is 12.1 Å². The van der Waals surface area contributed by atoms with Gasteiger partial charge in [0.1, 0.15) is 0 Å². The number of ether oxygens (including phenoxy) is 1. The fraction of sp³-hybridized carbons (Fsp3) is 0.360. The van der Waals surface area contributed by atoms with Crippen molar-refractivity contribution in [1.82, 2.24) is 19.0 Å². The maximum absolute atomic E-state index is 12.8. The third-order valence-corrected chi connectivity index (χ3v) is 7.99. The predicted molar refractivity (Wildman–Crippen MR) is 133 cm³/mol. The van der Waals surface area contributed by atoms with Crippen molar-refractivity contribution in [3.63, 3.8) is 0 Å². The summed E-state index contributed by atoms with van der Waals surface area (Å²) < 4.78 is 34.1. The monoisotopic (exact) mass is 497 g/mol. The molecule has 2 heterocycles. The van der Waals surface area contributed by atoms with Crippen LogP contribution < -0.4 is 5.32 Å². The SMILES string of the molecule is C[C@H](C(=O)Nc1ccc(S(=O)(=O)N2CCOCC2)cc1)N(C)Cc1cnn(Cc2ccccc2)c1. The van der Waals surface area contributed by atoms with Gasteiger partial charge in [-0.25, -0.2) is 8.42 Å². The molecule has 0 bridgehead atoms. The van der Waals surface area contributed by atoms with Crippen LogP contribution in [-0.2, 0) is 32.6 Å². The van der Waals surface area contributed by atoms with Gasteiger partial charge in [0.25, 0.3) is 0 Å². The summed E-state index contributed by atoms with van der Waals surface area (Å²) in [5.74, 6) is -0.173. The van der Waals surface area contributed by atoms with Gasteiger partial charge in [0.2, 0.25) is 15.9 Å². The maximum atomic E-state index is 12.8. The Kier molecular flexibility index (Phi) is 7.97. The Labute approximate surface area is 206 Å². The standard InChI is InChI=1S/C25H31N5O4S/c1-20(28(2)17-22-16-26-29(19-22)18-21-6-4-3-5-7-21)25(31)27-23-8-10-24(11-9-23)35(32,33)30-12-14-34-15-13-30/h3-11,16,19-20H,12-15,17-18H2,1-2H3,(H,27,31)/t20-/m1/s1. The number of aromatic nitrogens is 2. The number of morpholine rings is 1. The molecule has 1 N–H and O–H groups in total. The van der Waals surface area contributed by atoms with Crippen LogP contribution in [0.15, 0.2) is 71.9 Å². The molecule has 1 amide bonds. The lowest BCUT2D eigenvalue weighted by Crippen LogP contribution is -2.40. The van der Waals surface area contributed by atoms with Crippen molar-refractivity contribution in [3.05, 3.63) is 78.1 Å². The van der Waals surface area contributed by atoms with Gasteiger partial charge in [0.05, 0.1) is 36.9 Å². The van der Waals surface area contributed by atoms with E-state index in [0.29, 0.717) is 45.1 Å². The quantitative estimate of drug-likeness (QED) is 0.488. The minimum absolute atomic E-state index is 0.173. The Bertz CT molecular complexity index is 1220. The first kappa shape index (κ1) is 25.1. The Morgan fingerprint density at radius 1 is 1.09 bits per heavy atom. The van der Waals surface area contributed by atoms with E-state index in [9.17, 15) is 13.2 Å². The molecule has 1 atom stereocenters. The molecule has 35 heavy (non-hydrogen) atoms. The van der Waals surface area contributed by atoms with Gasteiger partial charge in [-0.2, -0.15) is 9.40 Å². The van der Waals surface area contributed by atoms with Gasteiger partial charge in [-0.3, -0.25) is 14.4 Å². The van der Waals surface area contributed by atoms with Gasteiger partial charge in [-0.1, -0.05) is 30.3 Å². The molecule has 0 spiro atoms. The maximum Gasteiger partial charge on any atom is 0.243 e. The van der Waals surface area contributed by atoms with Crippen molar-refractivity contribution in [1.29, 1.82) is 0 Å². The third kappa shape index (κ3) is 6.34. The van der Waals surface area contributed by atoms with Gasteiger partial charge in [0, 0.05) is 37.1 Å². The highest BCUT2D eigenvalue weighted by atomic mass is 32.2. The van der Waals surface area contributed by atoms with Crippen molar-refractivity contribution < 1.29 is 17.9 Å². The van der Waals surface area contributed by atoms with Crippen molar-refractivity contribution in [2.75, 3.05) is 38.7 Å². The second kappa shape index (κ2) is 11.1. The number of benzene rings is 2. The highest BCUT2D eigenvalue weighted by molar-refractivity contribution is 7.89. The molecule has 0 saturated carbocycles. The van der Waals surface area contributed by atoms with Gasteiger partial charge in [-0.05, 0) is 43.8 Å². The molecule has 0 radical (unpaired) electrons. The first-order chi connectivity index (χ1) is 16.8. The van der Waals surface area contributed by atoms with Gasteiger partial charge >= 0.3 is 0 Å². The van der Waals surface area contributed by atoms with Crippen LogP contribution in [0.4, 0.5) is 5.69 Å². The number of hydrogen-bond acceptors (Lipinski definition) is 6. The van der Waals surface area contributed by atoms with Crippen LogP contribution in [-0.4, -0.2) is 72.7 Å². The third-order valence-electron chi connectivity index (χ3n) is 6.08. The van der Waals surface area contributed by atoms with Crippen LogP contribution in [0, 0.1) is 0 Å². The van der Waals surface area contributed by atoms with Crippen LogP contribution in [0.25, 0.3) is 0 Å². The van der Waals surface area contributed by atoms with E-state index < -0.39 is 16.1 Å². The largest absolute Gasteiger partial charge is 0.379 e. The highest BCUT2D eigenvalue weighted by Crippen LogP contribution is 2.20. The Balaban J connectivity index is 1.31. The molecule has 10 heteroatoms. The summed E-state index contributed by atoms with van der Waals surface area (Å²) in [5, 5.41) is 7.30. The van der Waals surface area contributed by atoms with Crippen molar-refractivity contribution >= 4 is 21.6 Å². The first-order valence-corrected chi connectivity index (χ1v) is 13.0. The number of nitrogens with one attached hydrogen (secondary N) is 1. The van der Waals surface area contributed by atoms with Crippen molar-refractivity contribution in [2.24, 2.45) is 0 Å². The Hall–Kier alpha value is -3.05. The van der Waals surface area contributed by atoms with Gasteiger partial charge < -0.3 is 10.1 Å². The molecule has 1 aliphatic heterocycles. The fourth-order valence-corrected chi connectivity index (χ4v) is 5.27. The van der Waals surface area contributed by atoms with E-state index >= 15 is 0 Å². The molecule has 1 aliphatic rings. The zero-order valence-corrected chi connectivity index (χ0v) is 20.8. The van der Waals surface area contributed by atoms with Crippen LogP contribution >= 0.6 is 0 Å². The number of anilines is 1. The number of carbonyl (C=O) groups is 1. The summed E-state index contributed by atoms with van der Waals surface area (Å²) in [7, 11) is -1.68. The summed E-state index contributed by atoms with van der Waals surface area (Å²) in [4.78, 5) is 15.0. The number of carbonyl (C=O) groups excluding carboxylic acids is 1. The summed E-state index contributed by atoms with van der Waals surface area (Å²) in [6, 6.07) is 16.0. The molecule has 1 fully saturated rings. The molecule has 3 aromatic rings. The summed E-state index contributed by atoms with van der Waals surface area (Å²) in [6.07, 6.45) is 3.81. The normalized spacial score (nSPS) is 15.7. The summed E-state index contributed by atoms with van der Waals surface area (Å²) >= 11 is 0. The molecule has 1 saturated heterocycles. The van der Waals surface area contributed by atoms with Crippen LogP contribution in [0.1, 0.15) is 18.1 Å². The molecule has 4 rings (SSSR count). The number of rotatable bonds is 9. The molecule has 1 aromatic heterocycles. The molecular weight excluding hydrogens is 466 g/mol. The van der Waals surface area contributed by atoms with E-state index in [1.807, 2.05) is 54.1 Å². The predicted octanol–water partition coefficient (Wildman–Crippen LogP) is 2.41. The average molecular weight is 498 g/mol. The number of likely N-dealkylation sites (N-methyl/N-ethyl adjacent to an activating group) is 1. The Morgan fingerprint density at radius 3 is 2.46 bits per heavy atom. The zero-order chi connectivity index (χ0) is 24.8. The minimum Gasteiger partial charge on any atom is -0.379 e. The zero-order valence-electron chi connectivity index (χ0n) is 20.0. The van der Waals surface area contributed by atoms with E-state index in [4.69, 9.17) is 4.74 Å². The van der Waals surface area contributed by atoms with Crippen LogP contribution in [0.5, 0.6) is 0 Å². The molecule has 2 aromatic carbocycles. The van der Waals surface area contributed by atoms with E-state index in [2.05, 4.69) is 22.5 Å². The number of hydrogen-bond donors (Lipinski definition) is 1. The van der Waals surface area contributed by atoms with Gasteiger partial charge in [0.15, 0.2) is 0 Å². The van der Waals surface area contributed by atoms with Gasteiger partial charge in [-0.15, -0.1) is 0 Å². The highest BCUT2D eigenvalue weighted by Gasteiger charge is 2.26. The molecule has 9 nitrogen and oxygen atoms in total. The van der Waals surface area contributed by atoms with Crippen molar-refractivity contribution in [2.45, 2.75) is 31.0 Å². The van der Waals surface area contributed by atoms with E-state index in [0.717, 1.165) is 5.56 Å². The first-order valence-electron chi connectivity index (χ1n) is 11.6. The molecule has 186 valence electrons. The molecule has 0 aliphatic carbocycles. The summed E-state index contributed by atoms with van der Waals surface area (Å²) in [5.41, 5.74) is 2.74. The van der Waals surface area contributed by atoms with E-state index in [-0.39, 0.29) is 10.8 Å². The summed E-state index contributed by atoms with van der Waals surface area (Å²) in [6.45, 7) is 4.57. The fourth-order valence-electron chi connectivity index (χ4n) is 3.86. The number of amides is 1. The van der Waals surface area contributed by atoms with E-state index in [1.165, 1.54) is 22.0 Å². The smallest absolute Gasteiger partial charge is 0.243 e. The van der Waals surface area contributed by atoms with Crippen LogP contribution in [0.3, 0.4) is 0 Å². The average Bonchev–Trinajstić information content (AvgIpc) is 3.31. The lowest BCUT2D eigenvalue weighted by molar-refractivity contribution is -0.120. The van der Waals surface area contributed by atoms with Crippen LogP contribution in [0.2, 0.25) is 0 Å². The minimum atomic E-state index is -3.57. The molecular formula is C25H31N5O4S. The lowest BCUT2D eigenvalue weighted by atomic mass is 10.2. The molecule has 0 unspecified atom stereocenters. The second-order valence-electron chi connectivity index (χ2n) is 8.65.